The zero-order valence-corrected chi connectivity index (χ0v) is 9.88. The highest BCUT2D eigenvalue weighted by molar-refractivity contribution is 7.46. The van der Waals surface area contributed by atoms with E-state index in [4.69, 9.17) is 14.5 Å². The van der Waals surface area contributed by atoms with Crippen LogP contribution in [0.3, 0.4) is 0 Å². The Labute approximate surface area is 98.4 Å². The van der Waals surface area contributed by atoms with Crippen molar-refractivity contribution in [3.05, 3.63) is 35.9 Å². The zero-order chi connectivity index (χ0) is 12.7. The Morgan fingerprint density at radius 3 is 2.41 bits per heavy atom. The van der Waals surface area contributed by atoms with E-state index in [0.29, 0.717) is 5.56 Å². The number of esters is 1. The number of phosphoric acid groups is 1. The van der Waals surface area contributed by atoms with Crippen molar-refractivity contribution in [2.75, 3.05) is 13.2 Å². The molecule has 0 heterocycles. The molecule has 1 aromatic rings. The van der Waals surface area contributed by atoms with Gasteiger partial charge in [0.15, 0.2) is 0 Å². The standard InChI is InChI=1S/C10H13O6P/c11-10(9-5-2-1-3-6-9)15-7-4-8-16-17(12,13)14/h1-3,5-6H,4,7-8H2,(H2,12,13,14). The first-order valence-corrected chi connectivity index (χ1v) is 6.44. The highest BCUT2D eigenvalue weighted by Crippen LogP contribution is 2.35. The minimum absolute atomic E-state index is 0.0493. The first-order valence-electron chi connectivity index (χ1n) is 4.91. The maximum Gasteiger partial charge on any atom is 0.469 e. The summed E-state index contributed by atoms with van der Waals surface area (Å²) in [4.78, 5) is 28.2. The van der Waals surface area contributed by atoms with Gasteiger partial charge in [0.1, 0.15) is 0 Å². The van der Waals surface area contributed by atoms with Crippen molar-refractivity contribution in [3.63, 3.8) is 0 Å². The molecule has 1 aromatic carbocycles. The maximum absolute atomic E-state index is 11.4. The van der Waals surface area contributed by atoms with Crippen LogP contribution in [0.5, 0.6) is 0 Å². The predicted octanol–water partition coefficient (Wildman–Crippen LogP) is 1.34. The summed E-state index contributed by atoms with van der Waals surface area (Å²) in [6.45, 7) is -0.111. The Morgan fingerprint density at radius 1 is 1.18 bits per heavy atom. The summed E-state index contributed by atoms with van der Waals surface area (Å²) in [5, 5.41) is 0. The van der Waals surface area contributed by atoms with Gasteiger partial charge in [-0.3, -0.25) is 4.52 Å². The summed E-state index contributed by atoms with van der Waals surface area (Å²) in [6, 6.07) is 8.45. The van der Waals surface area contributed by atoms with Gasteiger partial charge in [-0.15, -0.1) is 0 Å². The number of ether oxygens (including phenoxy) is 1. The van der Waals surface area contributed by atoms with E-state index in [1.165, 1.54) is 0 Å². The van der Waals surface area contributed by atoms with Crippen molar-refractivity contribution in [2.45, 2.75) is 6.42 Å². The van der Waals surface area contributed by atoms with E-state index in [0.717, 1.165) is 0 Å². The highest BCUT2D eigenvalue weighted by Gasteiger charge is 2.13. The van der Waals surface area contributed by atoms with Crippen molar-refractivity contribution in [2.24, 2.45) is 0 Å². The van der Waals surface area contributed by atoms with Crippen molar-refractivity contribution < 1.29 is 28.4 Å². The summed E-state index contributed by atoms with van der Waals surface area (Å²) in [5.74, 6) is -0.471. The van der Waals surface area contributed by atoms with Crippen LogP contribution in [-0.4, -0.2) is 29.0 Å². The van der Waals surface area contributed by atoms with Crippen molar-refractivity contribution >= 4 is 13.8 Å². The lowest BCUT2D eigenvalue weighted by atomic mass is 10.2. The minimum atomic E-state index is -4.43. The molecule has 0 aliphatic carbocycles. The molecule has 17 heavy (non-hydrogen) atoms. The number of phosphoric ester groups is 1. The molecule has 0 amide bonds. The van der Waals surface area contributed by atoms with Crippen LogP contribution in [0.4, 0.5) is 0 Å². The summed E-state index contributed by atoms with van der Waals surface area (Å²) < 4.78 is 19.4. The zero-order valence-electron chi connectivity index (χ0n) is 8.98. The second-order valence-corrected chi connectivity index (χ2v) is 4.42. The quantitative estimate of drug-likeness (QED) is 0.455. The second-order valence-electron chi connectivity index (χ2n) is 3.18. The maximum atomic E-state index is 11.4. The molecule has 0 aliphatic heterocycles. The molecular weight excluding hydrogens is 247 g/mol. The summed E-state index contributed by atoms with van der Waals surface area (Å²) in [7, 11) is -4.43. The Kier molecular flexibility index (Phi) is 5.31. The number of hydrogen-bond acceptors (Lipinski definition) is 4. The van der Waals surface area contributed by atoms with E-state index in [-0.39, 0.29) is 19.6 Å². The minimum Gasteiger partial charge on any atom is -0.462 e. The number of carbonyl (C=O) groups excluding carboxylic acids is 1. The van der Waals surface area contributed by atoms with Gasteiger partial charge in [0.2, 0.25) is 0 Å². The summed E-state index contributed by atoms with van der Waals surface area (Å²) >= 11 is 0. The summed E-state index contributed by atoms with van der Waals surface area (Å²) in [5.41, 5.74) is 0.434. The molecule has 0 aromatic heterocycles. The number of benzene rings is 1. The lowest BCUT2D eigenvalue weighted by molar-refractivity contribution is 0.0481. The fourth-order valence-electron chi connectivity index (χ4n) is 1.06. The van der Waals surface area contributed by atoms with Gasteiger partial charge in [-0.2, -0.15) is 0 Å². The fraction of sp³-hybridized carbons (Fsp3) is 0.300. The van der Waals surface area contributed by atoms with Crippen LogP contribution >= 0.6 is 7.82 Å². The van der Waals surface area contributed by atoms with E-state index in [2.05, 4.69) is 4.52 Å². The first kappa shape index (κ1) is 13.9. The first-order chi connectivity index (χ1) is 7.99. The third-order valence-electron chi connectivity index (χ3n) is 1.79. The SMILES string of the molecule is O=C(OCCCOP(=O)(O)O)c1ccccc1. The van der Waals surface area contributed by atoms with Crippen LogP contribution in [0, 0.1) is 0 Å². The highest BCUT2D eigenvalue weighted by atomic mass is 31.2. The molecule has 94 valence electrons. The third kappa shape index (κ3) is 6.19. The molecule has 6 nitrogen and oxygen atoms in total. The molecule has 7 heteroatoms. The van der Waals surface area contributed by atoms with E-state index in [1.807, 2.05) is 0 Å². The Balaban J connectivity index is 2.20. The normalized spacial score (nSPS) is 11.2. The molecule has 2 N–H and O–H groups in total. The van der Waals surface area contributed by atoms with Gasteiger partial charge in [0.05, 0.1) is 18.8 Å². The van der Waals surface area contributed by atoms with Gasteiger partial charge >= 0.3 is 13.8 Å². The molecule has 0 radical (unpaired) electrons. The van der Waals surface area contributed by atoms with Gasteiger partial charge in [-0.1, -0.05) is 18.2 Å². The van der Waals surface area contributed by atoms with Crippen LogP contribution in [0.25, 0.3) is 0 Å². The van der Waals surface area contributed by atoms with Crippen LogP contribution < -0.4 is 0 Å². The molecular formula is C10H13O6P. The van der Waals surface area contributed by atoms with Crippen molar-refractivity contribution in [1.29, 1.82) is 0 Å². The molecule has 0 aliphatic rings. The van der Waals surface area contributed by atoms with Crippen LogP contribution in [-0.2, 0) is 13.8 Å². The number of hydrogen-bond donors (Lipinski definition) is 2. The summed E-state index contributed by atoms with van der Waals surface area (Å²) in [6.07, 6.45) is 0.226. The topological polar surface area (TPSA) is 93.1 Å². The monoisotopic (exact) mass is 260 g/mol. The fourth-order valence-corrected chi connectivity index (χ4v) is 1.43. The van der Waals surface area contributed by atoms with E-state index >= 15 is 0 Å². The number of rotatable bonds is 6. The van der Waals surface area contributed by atoms with Gasteiger partial charge in [0, 0.05) is 6.42 Å². The van der Waals surface area contributed by atoms with Crippen molar-refractivity contribution in [3.8, 4) is 0 Å². The largest absolute Gasteiger partial charge is 0.469 e. The molecule has 0 fully saturated rings. The van der Waals surface area contributed by atoms with E-state index in [9.17, 15) is 9.36 Å². The average Bonchev–Trinajstić information content (AvgIpc) is 2.28. The predicted molar refractivity (Wildman–Crippen MR) is 59.3 cm³/mol. The second kappa shape index (κ2) is 6.51. The van der Waals surface area contributed by atoms with Gasteiger partial charge in [-0.25, -0.2) is 9.36 Å². The van der Waals surface area contributed by atoms with Gasteiger partial charge in [-0.05, 0) is 12.1 Å². The third-order valence-corrected chi connectivity index (χ3v) is 2.31. The van der Waals surface area contributed by atoms with Crippen LogP contribution in [0.15, 0.2) is 30.3 Å². The lowest BCUT2D eigenvalue weighted by Gasteiger charge is -2.06. The Bertz CT molecular complexity index is 399. The molecule has 0 bridgehead atoms. The molecule has 0 spiro atoms. The molecule has 1 rings (SSSR count). The van der Waals surface area contributed by atoms with E-state index < -0.39 is 13.8 Å². The van der Waals surface area contributed by atoms with Crippen LogP contribution in [0.2, 0.25) is 0 Å². The molecule has 0 atom stereocenters. The average molecular weight is 260 g/mol. The van der Waals surface area contributed by atoms with Gasteiger partial charge in [0.25, 0.3) is 0 Å². The smallest absolute Gasteiger partial charge is 0.462 e. The van der Waals surface area contributed by atoms with Crippen LogP contribution in [0.1, 0.15) is 16.8 Å². The Morgan fingerprint density at radius 2 is 1.82 bits per heavy atom. The Hall–Kier alpha value is -1.20. The molecule has 0 unspecified atom stereocenters. The lowest BCUT2D eigenvalue weighted by Crippen LogP contribution is -2.07. The van der Waals surface area contributed by atoms with E-state index in [1.54, 1.807) is 30.3 Å². The van der Waals surface area contributed by atoms with Crippen molar-refractivity contribution in [1.82, 2.24) is 0 Å². The van der Waals surface area contributed by atoms with Gasteiger partial charge < -0.3 is 14.5 Å². The molecule has 0 saturated carbocycles. The number of carbonyl (C=O) groups is 1. The molecule has 0 saturated heterocycles.